The molecule has 1 saturated carbocycles. The van der Waals surface area contributed by atoms with Crippen molar-refractivity contribution < 1.29 is 8.42 Å². The fraction of sp³-hybridized carbons (Fsp3) is 0.812. The molecule has 1 aliphatic carbocycles. The van der Waals surface area contributed by atoms with E-state index in [9.17, 15) is 8.42 Å². The van der Waals surface area contributed by atoms with E-state index in [1.807, 2.05) is 4.57 Å². The molecular weight excluding hydrogens is 481 g/mol. The molecule has 3 N–H and O–H groups in total. The van der Waals surface area contributed by atoms with E-state index in [2.05, 4.69) is 37.5 Å². The maximum absolute atomic E-state index is 11.2. The Hall–Kier alpha value is -0.950. The van der Waals surface area contributed by atoms with Crippen molar-refractivity contribution in [3.63, 3.8) is 0 Å². The van der Waals surface area contributed by atoms with Gasteiger partial charge in [0.15, 0.2) is 5.96 Å². The number of nitrogens with one attached hydrogen (secondary N) is 3. The van der Waals surface area contributed by atoms with Gasteiger partial charge in [-0.05, 0) is 12.8 Å². The van der Waals surface area contributed by atoms with Gasteiger partial charge in [0, 0.05) is 32.1 Å². The molecular formula is C16H32IN7O2S. The van der Waals surface area contributed by atoms with Crippen LogP contribution in [-0.2, 0) is 23.0 Å². The maximum Gasteiger partial charge on any atom is 0.208 e. The zero-order valence-corrected chi connectivity index (χ0v) is 19.3. The summed E-state index contributed by atoms with van der Waals surface area (Å²) in [4.78, 5) is 4.51. The molecule has 1 aliphatic rings. The molecule has 27 heavy (non-hydrogen) atoms. The Morgan fingerprint density at radius 3 is 2.70 bits per heavy atom. The van der Waals surface area contributed by atoms with Crippen molar-refractivity contribution in [1.29, 1.82) is 0 Å². The Morgan fingerprint density at radius 1 is 1.30 bits per heavy atom. The molecule has 1 fully saturated rings. The van der Waals surface area contributed by atoms with E-state index in [4.69, 9.17) is 0 Å². The quantitative estimate of drug-likeness (QED) is 0.196. The summed E-state index contributed by atoms with van der Waals surface area (Å²) in [5.41, 5.74) is 0. The summed E-state index contributed by atoms with van der Waals surface area (Å²) in [6.45, 7) is 4.19. The predicted octanol–water partition coefficient (Wildman–Crippen LogP) is 0.876. The van der Waals surface area contributed by atoms with Crippen LogP contribution in [0.4, 0.5) is 0 Å². The summed E-state index contributed by atoms with van der Waals surface area (Å²) in [5.74, 6) is 1.70. The minimum Gasteiger partial charge on any atom is -0.355 e. The number of guanidine groups is 1. The summed E-state index contributed by atoms with van der Waals surface area (Å²) >= 11 is 0. The summed E-state index contributed by atoms with van der Waals surface area (Å²) in [7, 11) is -3.18. The smallest absolute Gasteiger partial charge is 0.208 e. The molecule has 0 bridgehead atoms. The van der Waals surface area contributed by atoms with E-state index in [-0.39, 0.29) is 24.0 Å². The van der Waals surface area contributed by atoms with Crippen molar-refractivity contribution >= 4 is 40.0 Å². The van der Waals surface area contributed by atoms with Crippen LogP contribution in [0.2, 0.25) is 0 Å². The highest BCUT2D eigenvalue weighted by Crippen LogP contribution is 2.17. The first kappa shape index (κ1) is 24.1. The SMILES string of the molecule is CCc1nncn1CCNC(=NCCNS(C)(=O)=O)NC1CCCCC1.I. The van der Waals surface area contributed by atoms with E-state index >= 15 is 0 Å². The number of aliphatic imine (C=N–C) groups is 1. The normalized spacial score (nSPS) is 16.0. The molecule has 0 atom stereocenters. The molecule has 0 unspecified atom stereocenters. The van der Waals surface area contributed by atoms with Crippen molar-refractivity contribution in [2.45, 2.75) is 58.0 Å². The molecule has 0 radical (unpaired) electrons. The van der Waals surface area contributed by atoms with Gasteiger partial charge >= 0.3 is 0 Å². The molecule has 0 amide bonds. The Morgan fingerprint density at radius 2 is 2.04 bits per heavy atom. The Bertz CT molecular complexity index is 672. The first-order chi connectivity index (χ1) is 12.5. The van der Waals surface area contributed by atoms with Gasteiger partial charge < -0.3 is 15.2 Å². The first-order valence-electron chi connectivity index (χ1n) is 9.34. The molecule has 1 heterocycles. The predicted molar refractivity (Wildman–Crippen MR) is 118 cm³/mol. The maximum atomic E-state index is 11.2. The van der Waals surface area contributed by atoms with Gasteiger partial charge in [-0.3, -0.25) is 4.99 Å². The average molecular weight is 513 g/mol. The molecule has 0 spiro atoms. The van der Waals surface area contributed by atoms with Crippen LogP contribution >= 0.6 is 24.0 Å². The highest BCUT2D eigenvalue weighted by Gasteiger charge is 2.14. The van der Waals surface area contributed by atoms with Crippen molar-refractivity contribution in [1.82, 2.24) is 30.1 Å². The van der Waals surface area contributed by atoms with E-state index < -0.39 is 10.0 Å². The van der Waals surface area contributed by atoms with Crippen LogP contribution in [0.3, 0.4) is 0 Å². The largest absolute Gasteiger partial charge is 0.355 e. The fourth-order valence-corrected chi connectivity index (χ4v) is 3.49. The molecule has 0 aliphatic heterocycles. The second kappa shape index (κ2) is 12.5. The monoisotopic (exact) mass is 513 g/mol. The highest BCUT2D eigenvalue weighted by molar-refractivity contribution is 14.0. The van der Waals surface area contributed by atoms with Crippen LogP contribution in [0.5, 0.6) is 0 Å². The Labute approximate surface area is 179 Å². The lowest BCUT2D eigenvalue weighted by atomic mass is 9.96. The number of hydrogen-bond donors (Lipinski definition) is 3. The van der Waals surface area contributed by atoms with Gasteiger partial charge in [0.1, 0.15) is 12.2 Å². The van der Waals surface area contributed by atoms with Gasteiger partial charge in [-0.25, -0.2) is 13.1 Å². The van der Waals surface area contributed by atoms with Crippen molar-refractivity contribution in [3.05, 3.63) is 12.2 Å². The number of sulfonamides is 1. The molecule has 11 heteroatoms. The second-order valence-corrected chi connectivity index (χ2v) is 8.43. The third kappa shape index (κ3) is 9.70. The van der Waals surface area contributed by atoms with Crippen molar-refractivity contribution in [2.24, 2.45) is 4.99 Å². The van der Waals surface area contributed by atoms with E-state index in [1.54, 1.807) is 6.33 Å². The molecule has 156 valence electrons. The molecule has 0 saturated heterocycles. The van der Waals surface area contributed by atoms with Gasteiger partial charge in [-0.2, -0.15) is 0 Å². The second-order valence-electron chi connectivity index (χ2n) is 6.60. The van der Waals surface area contributed by atoms with Crippen LogP contribution < -0.4 is 15.4 Å². The fourth-order valence-electron chi connectivity index (χ4n) is 3.03. The number of aromatic nitrogens is 3. The van der Waals surface area contributed by atoms with Gasteiger partial charge in [-0.15, -0.1) is 34.2 Å². The molecule has 0 aromatic carbocycles. The number of aryl methyl sites for hydroxylation is 1. The molecule has 1 aromatic rings. The van der Waals surface area contributed by atoms with Gasteiger partial charge in [0.2, 0.25) is 10.0 Å². The zero-order valence-electron chi connectivity index (χ0n) is 16.1. The Kier molecular flexibility index (Phi) is 11.1. The first-order valence-corrected chi connectivity index (χ1v) is 11.2. The number of halogens is 1. The zero-order chi connectivity index (χ0) is 18.8. The molecule has 2 rings (SSSR count). The minimum atomic E-state index is -3.18. The summed E-state index contributed by atoms with van der Waals surface area (Å²) in [6, 6.07) is 0.430. The topological polar surface area (TPSA) is 113 Å². The lowest BCUT2D eigenvalue weighted by Gasteiger charge is -2.25. The third-order valence-electron chi connectivity index (χ3n) is 4.35. The standard InChI is InChI=1S/C16H31N7O2S.HI/c1-3-15-22-19-13-23(15)12-11-18-16(17-9-10-20-26(2,24)25)21-14-7-5-4-6-8-14;/h13-14,20H,3-12H2,1-2H3,(H2,17,18,21);1H. The summed E-state index contributed by atoms with van der Waals surface area (Å²) < 4.78 is 26.8. The van der Waals surface area contributed by atoms with E-state index in [0.717, 1.165) is 43.8 Å². The van der Waals surface area contributed by atoms with Crippen LogP contribution in [0.1, 0.15) is 44.9 Å². The minimum absolute atomic E-state index is 0. The number of hydrogen-bond acceptors (Lipinski definition) is 5. The van der Waals surface area contributed by atoms with Gasteiger partial charge in [0.05, 0.1) is 12.8 Å². The van der Waals surface area contributed by atoms with Crippen molar-refractivity contribution in [2.75, 3.05) is 25.9 Å². The third-order valence-corrected chi connectivity index (χ3v) is 5.08. The molecule has 1 aromatic heterocycles. The summed E-state index contributed by atoms with van der Waals surface area (Å²) in [6.07, 6.45) is 9.80. The Balaban J connectivity index is 0.00000364. The van der Waals surface area contributed by atoms with Gasteiger partial charge in [0.25, 0.3) is 0 Å². The lowest BCUT2D eigenvalue weighted by molar-refractivity contribution is 0.409. The van der Waals surface area contributed by atoms with Crippen LogP contribution in [-0.4, -0.2) is 61.1 Å². The molecule has 9 nitrogen and oxygen atoms in total. The van der Waals surface area contributed by atoms with Gasteiger partial charge in [-0.1, -0.05) is 26.2 Å². The highest BCUT2D eigenvalue weighted by atomic mass is 127. The van der Waals surface area contributed by atoms with Crippen LogP contribution in [0, 0.1) is 0 Å². The number of nitrogens with zero attached hydrogens (tertiary/aromatic N) is 4. The lowest BCUT2D eigenvalue weighted by Crippen LogP contribution is -2.45. The van der Waals surface area contributed by atoms with Crippen molar-refractivity contribution in [3.8, 4) is 0 Å². The van der Waals surface area contributed by atoms with Crippen LogP contribution in [0.25, 0.3) is 0 Å². The average Bonchev–Trinajstić information content (AvgIpc) is 3.06. The van der Waals surface area contributed by atoms with Crippen LogP contribution in [0.15, 0.2) is 11.3 Å². The number of rotatable bonds is 9. The summed E-state index contributed by atoms with van der Waals surface area (Å²) in [5, 5.41) is 14.8. The van der Waals surface area contributed by atoms with E-state index in [0.29, 0.717) is 25.7 Å². The van der Waals surface area contributed by atoms with E-state index in [1.165, 1.54) is 19.3 Å².